The number of carbonyl (C=O) groups is 1. The van der Waals surface area contributed by atoms with Crippen LogP contribution in [0.25, 0.3) is 0 Å². The lowest BCUT2D eigenvalue weighted by Crippen LogP contribution is -2.32. The third-order valence-corrected chi connectivity index (χ3v) is 4.35. The standard InChI is InChI=1S/C21H26N2O3/c1-5-25-20-11-16-10-14(3)26-19(16)12-18(20)22-15(4)21(24)23-17-8-6-7-13(2)9-17/h6-9,11-12,14-15,22H,5,10H2,1-4H3,(H,23,24)/t14-,15-/m0/s1. The van der Waals surface area contributed by atoms with Gasteiger partial charge >= 0.3 is 0 Å². The number of nitrogens with one attached hydrogen (secondary N) is 2. The van der Waals surface area contributed by atoms with Crippen LogP contribution in [0.15, 0.2) is 36.4 Å². The van der Waals surface area contributed by atoms with Gasteiger partial charge in [-0.25, -0.2) is 0 Å². The lowest BCUT2D eigenvalue weighted by molar-refractivity contribution is -0.116. The highest BCUT2D eigenvalue weighted by molar-refractivity contribution is 5.96. The SMILES string of the molecule is CCOc1cc2c(cc1N[C@@H](C)C(=O)Nc1cccc(C)c1)O[C@@H](C)C2. The van der Waals surface area contributed by atoms with Crippen molar-refractivity contribution in [2.75, 3.05) is 17.2 Å². The molecule has 2 N–H and O–H groups in total. The number of rotatable bonds is 6. The molecule has 1 heterocycles. The summed E-state index contributed by atoms with van der Waals surface area (Å²) >= 11 is 0. The Balaban J connectivity index is 1.74. The zero-order valence-corrected chi connectivity index (χ0v) is 15.8. The molecule has 2 aromatic carbocycles. The molecule has 1 aliphatic heterocycles. The molecule has 1 aliphatic rings. The Morgan fingerprint density at radius 2 is 2.15 bits per heavy atom. The van der Waals surface area contributed by atoms with Crippen LogP contribution in [0, 0.1) is 6.92 Å². The van der Waals surface area contributed by atoms with Gasteiger partial charge in [0, 0.05) is 23.7 Å². The molecular formula is C21H26N2O3. The van der Waals surface area contributed by atoms with Gasteiger partial charge < -0.3 is 20.1 Å². The predicted octanol–water partition coefficient (Wildman–Crippen LogP) is 4.16. The van der Waals surface area contributed by atoms with E-state index in [1.165, 1.54) is 0 Å². The monoisotopic (exact) mass is 354 g/mol. The second-order valence-electron chi connectivity index (χ2n) is 6.75. The van der Waals surface area contributed by atoms with E-state index in [4.69, 9.17) is 9.47 Å². The summed E-state index contributed by atoms with van der Waals surface area (Å²) in [4.78, 5) is 12.5. The third kappa shape index (κ3) is 4.10. The molecule has 26 heavy (non-hydrogen) atoms. The van der Waals surface area contributed by atoms with Crippen LogP contribution in [0.5, 0.6) is 11.5 Å². The summed E-state index contributed by atoms with van der Waals surface area (Å²) in [5, 5.41) is 6.20. The molecule has 5 heteroatoms. The van der Waals surface area contributed by atoms with Crippen molar-refractivity contribution in [1.82, 2.24) is 0 Å². The van der Waals surface area contributed by atoms with E-state index in [2.05, 4.69) is 10.6 Å². The molecule has 3 rings (SSSR count). The normalized spacial score (nSPS) is 16.4. The van der Waals surface area contributed by atoms with Crippen molar-refractivity contribution in [3.05, 3.63) is 47.5 Å². The maximum atomic E-state index is 12.5. The van der Waals surface area contributed by atoms with E-state index in [-0.39, 0.29) is 12.0 Å². The topological polar surface area (TPSA) is 59.6 Å². The largest absolute Gasteiger partial charge is 0.492 e. The summed E-state index contributed by atoms with van der Waals surface area (Å²) in [5.41, 5.74) is 3.81. The number of carbonyl (C=O) groups excluding carboxylic acids is 1. The van der Waals surface area contributed by atoms with E-state index >= 15 is 0 Å². The first-order chi connectivity index (χ1) is 12.5. The van der Waals surface area contributed by atoms with Crippen molar-refractivity contribution in [1.29, 1.82) is 0 Å². The lowest BCUT2D eigenvalue weighted by atomic mass is 10.1. The average Bonchev–Trinajstić information content (AvgIpc) is 2.94. The van der Waals surface area contributed by atoms with Gasteiger partial charge in [0.2, 0.25) is 5.91 Å². The summed E-state index contributed by atoms with van der Waals surface area (Å²) < 4.78 is 11.6. The Kier molecular flexibility index (Phi) is 5.35. The van der Waals surface area contributed by atoms with E-state index in [9.17, 15) is 4.79 Å². The number of hydrogen-bond acceptors (Lipinski definition) is 4. The molecule has 0 spiro atoms. The van der Waals surface area contributed by atoms with Crippen molar-refractivity contribution < 1.29 is 14.3 Å². The van der Waals surface area contributed by atoms with Gasteiger partial charge in [0.05, 0.1) is 12.3 Å². The van der Waals surface area contributed by atoms with Crippen LogP contribution in [0.2, 0.25) is 0 Å². The van der Waals surface area contributed by atoms with Crippen molar-refractivity contribution in [3.8, 4) is 11.5 Å². The summed E-state index contributed by atoms with van der Waals surface area (Å²) in [6, 6.07) is 11.3. The molecule has 0 saturated carbocycles. The van der Waals surface area contributed by atoms with Crippen molar-refractivity contribution in [3.63, 3.8) is 0 Å². The highest BCUT2D eigenvalue weighted by atomic mass is 16.5. The molecule has 0 unspecified atom stereocenters. The minimum Gasteiger partial charge on any atom is -0.492 e. The summed E-state index contributed by atoms with van der Waals surface area (Å²) in [7, 11) is 0. The van der Waals surface area contributed by atoms with Gasteiger partial charge in [0.15, 0.2) is 0 Å². The van der Waals surface area contributed by atoms with E-state index < -0.39 is 6.04 Å². The number of anilines is 2. The van der Waals surface area contributed by atoms with Crippen molar-refractivity contribution in [2.24, 2.45) is 0 Å². The van der Waals surface area contributed by atoms with Gasteiger partial charge in [-0.1, -0.05) is 12.1 Å². The molecule has 1 amide bonds. The minimum atomic E-state index is -0.424. The van der Waals surface area contributed by atoms with E-state index in [0.29, 0.717) is 6.61 Å². The highest BCUT2D eigenvalue weighted by Crippen LogP contribution is 2.38. The predicted molar refractivity (Wildman–Crippen MR) is 104 cm³/mol. The van der Waals surface area contributed by atoms with Crippen LogP contribution in [-0.2, 0) is 11.2 Å². The molecular weight excluding hydrogens is 328 g/mol. The van der Waals surface area contributed by atoms with E-state index in [1.807, 2.05) is 64.1 Å². The summed E-state index contributed by atoms with van der Waals surface area (Å²) in [6.45, 7) is 8.39. The molecule has 138 valence electrons. The van der Waals surface area contributed by atoms with Gasteiger partial charge in [-0.05, 0) is 51.5 Å². The first kappa shape index (κ1) is 18.1. The number of ether oxygens (including phenoxy) is 2. The Morgan fingerprint density at radius 1 is 1.35 bits per heavy atom. The fourth-order valence-corrected chi connectivity index (χ4v) is 3.10. The second kappa shape index (κ2) is 7.68. The Bertz CT molecular complexity index is 804. The van der Waals surface area contributed by atoms with Gasteiger partial charge in [-0.2, -0.15) is 0 Å². The lowest BCUT2D eigenvalue weighted by Gasteiger charge is -2.19. The van der Waals surface area contributed by atoms with Gasteiger partial charge in [-0.3, -0.25) is 4.79 Å². The van der Waals surface area contributed by atoms with Gasteiger partial charge in [-0.15, -0.1) is 0 Å². The first-order valence-corrected chi connectivity index (χ1v) is 9.06. The fraction of sp³-hybridized carbons (Fsp3) is 0.381. The van der Waals surface area contributed by atoms with Crippen LogP contribution in [-0.4, -0.2) is 24.7 Å². The van der Waals surface area contributed by atoms with Crippen LogP contribution in [0.1, 0.15) is 31.9 Å². The number of aryl methyl sites for hydroxylation is 1. The third-order valence-electron chi connectivity index (χ3n) is 4.35. The molecule has 0 bridgehead atoms. The van der Waals surface area contributed by atoms with Gasteiger partial charge in [0.25, 0.3) is 0 Å². The Morgan fingerprint density at radius 3 is 2.88 bits per heavy atom. The number of fused-ring (bicyclic) bond motifs is 1. The molecule has 0 radical (unpaired) electrons. The van der Waals surface area contributed by atoms with Crippen LogP contribution in [0.3, 0.4) is 0 Å². The molecule has 2 atom stereocenters. The zero-order valence-electron chi connectivity index (χ0n) is 15.8. The summed E-state index contributed by atoms with van der Waals surface area (Å²) in [6.07, 6.45) is 1.04. The zero-order chi connectivity index (χ0) is 18.7. The van der Waals surface area contributed by atoms with Crippen molar-refractivity contribution >= 4 is 17.3 Å². The van der Waals surface area contributed by atoms with Crippen molar-refractivity contribution in [2.45, 2.75) is 46.3 Å². The number of hydrogen-bond donors (Lipinski definition) is 2. The average molecular weight is 354 g/mol. The minimum absolute atomic E-state index is 0.104. The molecule has 5 nitrogen and oxygen atoms in total. The van der Waals surface area contributed by atoms with Crippen LogP contribution >= 0.6 is 0 Å². The molecule has 2 aromatic rings. The summed E-state index contributed by atoms with van der Waals surface area (Å²) in [5.74, 6) is 1.50. The fourth-order valence-electron chi connectivity index (χ4n) is 3.10. The smallest absolute Gasteiger partial charge is 0.246 e. The van der Waals surface area contributed by atoms with E-state index in [1.54, 1.807) is 0 Å². The highest BCUT2D eigenvalue weighted by Gasteiger charge is 2.23. The van der Waals surface area contributed by atoms with Crippen LogP contribution in [0.4, 0.5) is 11.4 Å². The molecule has 0 aromatic heterocycles. The van der Waals surface area contributed by atoms with Crippen LogP contribution < -0.4 is 20.1 Å². The van der Waals surface area contributed by atoms with Gasteiger partial charge in [0.1, 0.15) is 23.6 Å². The number of benzene rings is 2. The first-order valence-electron chi connectivity index (χ1n) is 9.06. The molecule has 0 aliphatic carbocycles. The maximum Gasteiger partial charge on any atom is 0.246 e. The second-order valence-corrected chi connectivity index (χ2v) is 6.75. The Labute approximate surface area is 154 Å². The maximum absolute atomic E-state index is 12.5. The molecule has 0 saturated heterocycles. The number of amides is 1. The molecule has 0 fully saturated rings. The Hall–Kier alpha value is -2.69. The quantitative estimate of drug-likeness (QED) is 0.818. The van der Waals surface area contributed by atoms with E-state index in [0.717, 1.165) is 40.4 Å².